The Morgan fingerprint density at radius 2 is 2.07 bits per heavy atom. The summed E-state index contributed by atoms with van der Waals surface area (Å²) in [5, 5.41) is 0. The van der Waals surface area contributed by atoms with E-state index in [1.165, 1.54) is 32.1 Å². The van der Waals surface area contributed by atoms with Gasteiger partial charge in [-0.2, -0.15) is 0 Å². The van der Waals surface area contributed by atoms with Gasteiger partial charge in [0.2, 0.25) is 0 Å². The van der Waals surface area contributed by atoms with Gasteiger partial charge in [-0.1, -0.05) is 39.0 Å². The zero-order valence-corrected chi connectivity index (χ0v) is 10.9. The van der Waals surface area contributed by atoms with Gasteiger partial charge in [-0.15, -0.1) is 0 Å². The number of rotatable bonds is 7. The Morgan fingerprint density at radius 3 is 2.67 bits per heavy atom. The molecule has 1 aromatic rings. The van der Waals surface area contributed by atoms with E-state index < -0.39 is 0 Å². The highest BCUT2D eigenvalue weighted by Crippen LogP contribution is 2.26. The Kier molecular flexibility index (Phi) is 6.03. The number of furan rings is 1. The molecule has 0 spiro atoms. The second kappa shape index (κ2) is 7.07. The first kappa shape index (κ1) is 12.8. The van der Waals surface area contributed by atoms with Gasteiger partial charge in [0.05, 0.1) is 16.8 Å². The normalized spacial score (nSPS) is 13.0. The minimum atomic E-state index is 0.0380. The quantitative estimate of drug-likeness (QED) is 0.748. The molecular formula is C12H20BrNO. The summed E-state index contributed by atoms with van der Waals surface area (Å²) in [6, 6.07) is 1.93. The number of halogens is 1. The molecule has 1 unspecified atom stereocenters. The van der Waals surface area contributed by atoms with Crippen molar-refractivity contribution in [1.82, 2.24) is 0 Å². The van der Waals surface area contributed by atoms with Crippen LogP contribution in [0.25, 0.3) is 0 Å². The van der Waals surface area contributed by atoms with E-state index in [1.807, 2.05) is 6.07 Å². The minimum absolute atomic E-state index is 0.0380. The fraction of sp³-hybridized carbons (Fsp3) is 0.667. The first-order valence-corrected chi connectivity index (χ1v) is 6.53. The van der Waals surface area contributed by atoms with Crippen LogP contribution in [0.2, 0.25) is 0 Å². The van der Waals surface area contributed by atoms with Crippen molar-refractivity contribution in [3.8, 4) is 0 Å². The molecule has 1 aromatic heterocycles. The average Bonchev–Trinajstić information content (AvgIpc) is 2.64. The van der Waals surface area contributed by atoms with Crippen LogP contribution in [0.3, 0.4) is 0 Å². The van der Waals surface area contributed by atoms with Gasteiger partial charge in [0, 0.05) is 0 Å². The third-order valence-corrected chi connectivity index (χ3v) is 3.26. The van der Waals surface area contributed by atoms with Gasteiger partial charge in [0.25, 0.3) is 0 Å². The van der Waals surface area contributed by atoms with E-state index in [9.17, 15) is 0 Å². The van der Waals surface area contributed by atoms with Crippen molar-refractivity contribution >= 4 is 15.9 Å². The second-order valence-corrected chi connectivity index (χ2v) is 4.80. The highest BCUT2D eigenvalue weighted by Gasteiger charge is 2.12. The maximum absolute atomic E-state index is 6.03. The molecule has 0 bridgehead atoms. The van der Waals surface area contributed by atoms with E-state index in [1.54, 1.807) is 6.26 Å². The molecule has 1 rings (SSSR count). The molecule has 0 aliphatic carbocycles. The fourth-order valence-electron chi connectivity index (χ4n) is 1.67. The molecule has 0 saturated carbocycles. The van der Waals surface area contributed by atoms with Crippen LogP contribution in [0.15, 0.2) is 21.2 Å². The van der Waals surface area contributed by atoms with Gasteiger partial charge < -0.3 is 10.2 Å². The van der Waals surface area contributed by atoms with Crippen LogP contribution in [0.5, 0.6) is 0 Å². The van der Waals surface area contributed by atoms with E-state index in [0.717, 1.165) is 16.7 Å². The Bertz CT molecular complexity index is 272. The Balaban J connectivity index is 2.19. The third kappa shape index (κ3) is 4.39. The van der Waals surface area contributed by atoms with E-state index in [4.69, 9.17) is 10.2 Å². The molecule has 0 aromatic carbocycles. The van der Waals surface area contributed by atoms with Gasteiger partial charge in [0.1, 0.15) is 5.76 Å². The lowest BCUT2D eigenvalue weighted by Gasteiger charge is -2.08. The van der Waals surface area contributed by atoms with E-state index >= 15 is 0 Å². The summed E-state index contributed by atoms with van der Waals surface area (Å²) in [5.41, 5.74) is 6.03. The predicted molar refractivity (Wildman–Crippen MR) is 66.7 cm³/mol. The molecule has 2 N–H and O–H groups in total. The molecule has 0 amide bonds. The zero-order chi connectivity index (χ0) is 11.1. The minimum Gasteiger partial charge on any atom is -0.466 e. The zero-order valence-electron chi connectivity index (χ0n) is 9.34. The van der Waals surface area contributed by atoms with Crippen LogP contribution in [0.1, 0.15) is 57.3 Å². The van der Waals surface area contributed by atoms with Crippen molar-refractivity contribution < 1.29 is 4.42 Å². The predicted octanol–water partition coefficient (Wildman–Crippen LogP) is 4.40. The number of unbranched alkanes of at least 4 members (excludes halogenated alkanes) is 4. The molecule has 0 radical (unpaired) electrons. The molecule has 86 valence electrons. The van der Waals surface area contributed by atoms with Gasteiger partial charge in [-0.25, -0.2) is 0 Å². The lowest BCUT2D eigenvalue weighted by atomic mass is 10.1. The summed E-state index contributed by atoms with van der Waals surface area (Å²) in [6.45, 7) is 2.23. The maximum atomic E-state index is 6.03. The number of hydrogen-bond acceptors (Lipinski definition) is 2. The highest BCUT2D eigenvalue weighted by molar-refractivity contribution is 9.10. The van der Waals surface area contributed by atoms with Crippen LogP contribution in [0, 0.1) is 0 Å². The van der Waals surface area contributed by atoms with Crippen molar-refractivity contribution in [2.24, 2.45) is 5.73 Å². The fourth-order valence-corrected chi connectivity index (χ4v) is 2.16. The van der Waals surface area contributed by atoms with Crippen molar-refractivity contribution in [2.75, 3.05) is 0 Å². The van der Waals surface area contributed by atoms with Crippen molar-refractivity contribution in [2.45, 2.75) is 51.5 Å². The first-order valence-electron chi connectivity index (χ1n) is 5.74. The smallest absolute Gasteiger partial charge is 0.134 e. The van der Waals surface area contributed by atoms with Crippen LogP contribution in [-0.2, 0) is 0 Å². The summed E-state index contributed by atoms with van der Waals surface area (Å²) in [5.74, 6) is 0.880. The summed E-state index contributed by atoms with van der Waals surface area (Å²) in [7, 11) is 0. The monoisotopic (exact) mass is 273 g/mol. The molecule has 15 heavy (non-hydrogen) atoms. The topological polar surface area (TPSA) is 39.2 Å². The Morgan fingerprint density at radius 1 is 1.33 bits per heavy atom. The standard InChI is InChI=1S/C12H20BrNO/c1-2-3-4-5-6-7-11(14)12-10(13)8-9-15-12/h8-9,11H,2-7,14H2,1H3. The summed E-state index contributed by atoms with van der Waals surface area (Å²) < 4.78 is 6.32. The van der Waals surface area contributed by atoms with Crippen molar-refractivity contribution in [1.29, 1.82) is 0 Å². The maximum Gasteiger partial charge on any atom is 0.134 e. The molecule has 1 heterocycles. The van der Waals surface area contributed by atoms with Gasteiger partial charge in [0.15, 0.2) is 0 Å². The third-order valence-electron chi connectivity index (χ3n) is 2.60. The summed E-state index contributed by atoms with van der Waals surface area (Å²) in [6.07, 6.45) is 9.10. The van der Waals surface area contributed by atoms with Gasteiger partial charge in [-0.3, -0.25) is 0 Å². The lowest BCUT2D eigenvalue weighted by molar-refractivity contribution is 0.437. The van der Waals surface area contributed by atoms with Gasteiger partial charge >= 0.3 is 0 Å². The molecule has 0 aliphatic rings. The largest absolute Gasteiger partial charge is 0.466 e. The first-order chi connectivity index (χ1) is 7.25. The molecule has 1 atom stereocenters. The van der Waals surface area contributed by atoms with Crippen molar-refractivity contribution in [3.63, 3.8) is 0 Å². The summed E-state index contributed by atoms with van der Waals surface area (Å²) >= 11 is 3.43. The molecule has 0 aliphatic heterocycles. The molecular weight excluding hydrogens is 254 g/mol. The number of hydrogen-bond donors (Lipinski definition) is 1. The SMILES string of the molecule is CCCCCCCC(N)c1occc1Br. The van der Waals surface area contributed by atoms with E-state index in [2.05, 4.69) is 22.9 Å². The summed E-state index contributed by atoms with van der Waals surface area (Å²) in [4.78, 5) is 0. The molecule has 2 nitrogen and oxygen atoms in total. The molecule has 0 saturated heterocycles. The van der Waals surface area contributed by atoms with Crippen LogP contribution >= 0.6 is 15.9 Å². The van der Waals surface area contributed by atoms with Crippen molar-refractivity contribution in [3.05, 3.63) is 22.6 Å². The molecule has 3 heteroatoms. The molecule has 0 fully saturated rings. The average molecular weight is 274 g/mol. The van der Waals surface area contributed by atoms with Gasteiger partial charge in [-0.05, 0) is 28.4 Å². The lowest BCUT2D eigenvalue weighted by Crippen LogP contribution is -2.09. The highest BCUT2D eigenvalue weighted by atomic mass is 79.9. The van der Waals surface area contributed by atoms with Crippen LogP contribution in [-0.4, -0.2) is 0 Å². The number of nitrogens with two attached hydrogens (primary N) is 1. The Labute approximate surface area is 100 Å². The van der Waals surface area contributed by atoms with Crippen LogP contribution in [0.4, 0.5) is 0 Å². The van der Waals surface area contributed by atoms with Crippen LogP contribution < -0.4 is 5.73 Å². The van der Waals surface area contributed by atoms with E-state index in [0.29, 0.717) is 0 Å². The Hall–Kier alpha value is -0.280. The second-order valence-electron chi connectivity index (χ2n) is 3.94. The van der Waals surface area contributed by atoms with E-state index in [-0.39, 0.29) is 6.04 Å².